The van der Waals surface area contributed by atoms with E-state index in [9.17, 15) is 4.79 Å². The highest BCUT2D eigenvalue weighted by atomic mass is 32.2. The Bertz CT molecular complexity index is 183. The van der Waals surface area contributed by atoms with Gasteiger partial charge in [0.2, 0.25) is 0 Å². The fourth-order valence-corrected chi connectivity index (χ4v) is 2.49. The molecular weight excluding hydrogens is 184 g/mol. The van der Waals surface area contributed by atoms with Gasteiger partial charge in [-0.3, -0.25) is 4.79 Å². The van der Waals surface area contributed by atoms with Crippen LogP contribution in [-0.4, -0.2) is 24.6 Å². The SMILES string of the molecule is COC(=O)C/C=C\C1CCSCC1. The molecule has 0 amide bonds. The molecule has 1 heterocycles. The number of hydrogen-bond acceptors (Lipinski definition) is 3. The second kappa shape index (κ2) is 6.08. The number of rotatable bonds is 3. The third kappa shape index (κ3) is 4.36. The molecule has 1 aliphatic heterocycles. The first-order chi connectivity index (χ1) is 6.33. The van der Waals surface area contributed by atoms with Crippen LogP contribution in [0.15, 0.2) is 12.2 Å². The topological polar surface area (TPSA) is 26.3 Å². The van der Waals surface area contributed by atoms with Crippen LogP contribution in [0.3, 0.4) is 0 Å². The molecule has 0 radical (unpaired) electrons. The number of carbonyl (C=O) groups is 1. The first-order valence-corrected chi connectivity index (χ1v) is 5.79. The molecule has 0 saturated carbocycles. The minimum Gasteiger partial charge on any atom is -0.469 e. The molecule has 1 aliphatic rings. The van der Waals surface area contributed by atoms with E-state index in [-0.39, 0.29) is 5.97 Å². The smallest absolute Gasteiger partial charge is 0.309 e. The molecule has 1 rings (SSSR count). The van der Waals surface area contributed by atoms with Gasteiger partial charge in [0, 0.05) is 0 Å². The molecule has 0 atom stereocenters. The zero-order chi connectivity index (χ0) is 9.52. The Hall–Kier alpha value is -0.440. The van der Waals surface area contributed by atoms with Crippen LogP contribution in [0.4, 0.5) is 0 Å². The van der Waals surface area contributed by atoms with Crippen molar-refractivity contribution in [2.24, 2.45) is 5.92 Å². The third-order valence-corrected chi connectivity index (χ3v) is 3.24. The number of thioether (sulfide) groups is 1. The summed E-state index contributed by atoms with van der Waals surface area (Å²) in [5, 5.41) is 0. The summed E-state index contributed by atoms with van der Waals surface area (Å²) in [6.07, 6.45) is 7.02. The predicted molar refractivity (Wildman–Crippen MR) is 55.8 cm³/mol. The Labute approximate surface area is 83.7 Å². The number of carbonyl (C=O) groups excluding carboxylic acids is 1. The van der Waals surface area contributed by atoms with Gasteiger partial charge in [-0.2, -0.15) is 11.8 Å². The molecule has 0 unspecified atom stereocenters. The first kappa shape index (κ1) is 10.6. The van der Waals surface area contributed by atoms with E-state index >= 15 is 0 Å². The molecule has 0 N–H and O–H groups in total. The van der Waals surface area contributed by atoms with Crippen molar-refractivity contribution in [3.8, 4) is 0 Å². The Morgan fingerprint density at radius 1 is 1.54 bits per heavy atom. The van der Waals surface area contributed by atoms with E-state index in [1.807, 2.05) is 17.8 Å². The van der Waals surface area contributed by atoms with Gasteiger partial charge in [0.1, 0.15) is 0 Å². The van der Waals surface area contributed by atoms with Gasteiger partial charge >= 0.3 is 5.97 Å². The maximum atomic E-state index is 10.8. The molecule has 0 aromatic heterocycles. The molecule has 0 aliphatic carbocycles. The highest BCUT2D eigenvalue weighted by Gasteiger charge is 2.09. The van der Waals surface area contributed by atoms with E-state index in [0.29, 0.717) is 12.3 Å². The zero-order valence-electron chi connectivity index (χ0n) is 7.99. The second-order valence-corrected chi connectivity index (χ2v) is 4.38. The summed E-state index contributed by atoms with van der Waals surface area (Å²) in [5.41, 5.74) is 0. The van der Waals surface area contributed by atoms with E-state index in [4.69, 9.17) is 0 Å². The van der Waals surface area contributed by atoms with E-state index in [0.717, 1.165) is 0 Å². The largest absolute Gasteiger partial charge is 0.469 e. The minimum atomic E-state index is -0.151. The van der Waals surface area contributed by atoms with Gasteiger partial charge in [-0.25, -0.2) is 0 Å². The Morgan fingerprint density at radius 2 is 2.23 bits per heavy atom. The molecule has 13 heavy (non-hydrogen) atoms. The molecular formula is C10H16O2S. The van der Waals surface area contributed by atoms with Gasteiger partial charge in [-0.15, -0.1) is 0 Å². The molecule has 1 saturated heterocycles. The summed E-state index contributed by atoms with van der Waals surface area (Å²) < 4.78 is 4.55. The standard InChI is InChI=1S/C10H16O2S/c1-12-10(11)4-2-3-9-5-7-13-8-6-9/h2-3,9H,4-8H2,1H3/b3-2-. The van der Waals surface area contributed by atoms with Crippen LogP contribution < -0.4 is 0 Å². The molecule has 74 valence electrons. The van der Waals surface area contributed by atoms with Gasteiger partial charge in [-0.1, -0.05) is 12.2 Å². The van der Waals surface area contributed by atoms with Gasteiger partial charge in [0.05, 0.1) is 13.5 Å². The number of esters is 1. The number of methoxy groups -OCH3 is 1. The number of allylic oxidation sites excluding steroid dienone is 1. The van der Waals surface area contributed by atoms with Crippen LogP contribution >= 0.6 is 11.8 Å². The molecule has 0 aromatic carbocycles. The highest BCUT2D eigenvalue weighted by molar-refractivity contribution is 7.99. The van der Waals surface area contributed by atoms with Gasteiger partial charge in [0.25, 0.3) is 0 Å². The summed E-state index contributed by atoms with van der Waals surface area (Å²) in [4.78, 5) is 10.8. The van der Waals surface area contributed by atoms with Crippen molar-refractivity contribution < 1.29 is 9.53 Å². The zero-order valence-corrected chi connectivity index (χ0v) is 8.81. The lowest BCUT2D eigenvalue weighted by atomic mass is 10.0. The Kier molecular flexibility index (Phi) is 4.98. The van der Waals surface area contributed by atoms with Crippen molar-refractivity contribution in [2.45, 2.75) is 19.3 Å². The molecule has 2 nitrogen and oxygen atoms in total. The molecule has 0 spiro atoms. The maximum Gasteiger partial charge on any atom is 0.309 e. The van der Waals surface area contributed by atoms with Crippen LogP contribution in [0.25, 0.3) is 0 Å². The first-order valence-electron chi connectivity index (χ1n) is 4.64. The lowest BCUT2D eigenvalue weighted by Gasteiger charge is -2.17. The van der Waals surface area contributed by atoms with Crippen molar-refractivity contribution in [1.82, 2.24) is 0 Å². The van der Waals surface area contributed by atoms with E-state index in [1.165, 1.54) is 31.5 Å². The molecule has 0 aromatic rings. The van der Waals surface area contributed by atoms with Crippen molar-refractivity contribution in [3.63, 3.8) is 0 Å². The van der Waals surface area contributed by atoms with Gasteiger partial charge < -0.3 is 4.74 Å². The second-order valence-electron chi connectivity index (χ2n) is 3.16. The highest BCUT2D eigenvalue weighted by Crippen LogP contribution is 2.23. The van der Waals surface area contributed by atoms with Crippen LogP contribution in [0.1, 0.15) is 19.3 Å². The Morgan fingerprint density at radius 3 is 2.85 bits per heavy atom. The predicted octanol–water partition coefficient (Wildman–Crippen LogP) is 2.25. The number of hydrogen-bond donors (Lipinski definition) is 0. The summed E-state index contributed by atoms with van der Waals surface area (Å²) in [6, 6.07) is 0. The lowest BCUT2D eigenvalue weighted by Crippen LogP contribution is -2.06. The van der Waals surface area contributed by atoms with Crippen molar-refractivity contribution in [1.29, 1.82) is 0 Å². The van der Waals surface area contributed by atoms with Crippen LogP contribution in [0.5, 0.6) is 0 Å². The quantitative estimate of drug-likeness (QED) is 0.516. The van der Waals surface area contributed by atoms with Crippen LogP contribution in [-0.2, 0) is 9.53 Å². The summed E-state index contributed by atoms with van der Waals surface area (Å²) in [6.45, 7) is 0. The summed E-state index contributed by atoms with van der Waals surface area (Å²) >= 11 is 2.02. The maximum absolute atomic E-state index is 10.8. The lowest BCUT2D eigenvalue weighted by molar-refractivity contribution is -0.139. The Balaban J connectivity index is 2.18. The normalized spacial score (nSPS) is 19.2. The average molecular weight is 200 g/mol. The summed E-state index contributed by atoms with van der Waals surface area (Å²) in [7, 11) is 1.42. The monoisotopic (exact) mass is 200 g/mol. The fourth-order valence-electron chi connectivity index (χ4n) is 1.35. The third-order valence-electron chi connectivity index (χ3n) is 2.19. The molecule has 3 heteroatoms. The van der Waals surface area contributed by atoms with Crippen molar-refractivity contribution in [2.75, 3.05) is 18.6 Å². The van der Waals surface area contributed by atoms with Crippen LogP contribution in [0.2, 0.25) is 0 Å². The summed E-state index contributed by atoms with van der Waals surface area (Å²) in [5.74, 6) is 3.05. The molecule has 0 bridgehead atoms. The van der Waals surface area contributed by atoms with E-state index in [2.05, 4.69) is 10.8 Å². The average Bonchev–Trinajstić information content (AvgIpc) is 2.19. The molecule has 1 fully saturated rings. The van der Waals surface area contributed by atoms with Crippen molar-refractivity contribution >= 4 is 17.7 Å². The fraction of sp³-hybridized carbons (Fsp3) is 0.700. The van der Waals surface area contributed by atoms with Crippen LogP contribution in [0, 0.1) is 5.92 Å². The van der Waals surface area contributed by atoms with Gasteiger partial charge in [-0.05, 0) is 30.3 Å². The van der Waals surface area contributed by atoms with Gasteiger partial charge in [0.15, 0.2) is 0 Å². The van der Waals surface area contributed by atoms with E-state index < -0.39 is 0 Å². The number of ether oxygens (including phenoxy) is 1. The van der Waals surface area contributed by atoms with Crippen molar-refractivity contribution in [3.05, 3.63) is 12.2 Å². The minimum absolute atomic E-state index is 0.151. The van der Waals surface area contributed by atoms with E-state index in [1.54, 1.807) is 0 Å².